The maximum atomic E-state index is 12.8. The van der Waals surface area contributed by atoms with Crippen molar-refractivity contribution in [1.29, 1.82) is 0 Å². The van der Waals surface area contributed by atoms with Crippen LogP contribution in [0.4, 0.5) is 11.4 Å². The van der Waals surface area contributed by atoms with Crippen molar-refractivity contribution < 1.29 is 22.7 Å². The molecule has 0 heterocycles. The van der Waals surface area contributed by atoms with E-state index < -0.39 is 16.0 Å². The van der Waals surface area contributed by atoms with Crippen LogP contribution in [0.5, 0.6) is 0 Å². The molecule has 0 saturated carbocycles. The normalized spacial score (nSPS) is 11.0. The number of benzene rings is 3. The molecule has 3 aromatic carbocycles. The number of anilines is 2. The Morgan fingerprint density at radius 3 is 2.18 bits per heavy atom. The summed E-state index contributed by atoms with van der Waals surface area (Å²) in [6.45, 7) is 3.97. The lowest BCUT2D eigenvalue weighted by Gasteiger charge is -2.22. The molecule has 172 valence electrons. The maximum Gasteiger partial charge on any atom is 0.338 e. The van der Waals surface area contributed by atoms with Gasteiger partial charge in [0.25, 0.3) is 5.91 Å². The number of para-hydroxylation sites is 1. The zero-order valence-electron chi connectivity index (χ0n) is 18.7. The van der Waals surface area contributed by atoms with Crippen LogP contribution in [-0.4, -0.2) is 33.2 Å². The highest BCUT2D eigenvalue weighted by atomic mass is 32.2. The fraction of sp³-hybridized carbons (Fsp3) is 0.200. The van der Waals surface area contributed by atoms with E-state index in [0.29, 0.717) is 22.5 Å². The van der Waals surface area contributed by atoms with Crippen molar-refractivity contribution in [3.8, 4) is 0 Å². The van der Waals surface area contributed by atoms with Gasteiger partial charge in [-0.2, -0.15) is 0 Å². The second-order valence-electron chi connectivity index (χ2n) is 7.51. The molecule has 0 spiro atoms. The number of nitrogens with one attached hydrogen (secondary N) is 1. The van der Waals surface area contributed by atoms with Crippen LogP contribution < -0.4 is 9.62 Å². The number of carbonyl (C=O) groups excluding carboxylic acids is 2. The second kappa shape index (κ2) is 10.3. The number of ether oxygens (including phenoxy) is 1. The van der Waals surface area contributed by atoms with Gasteiger partial charge < -0.3 is 10.1 Å². The summed E-state index contributed by atoms with van der Waals surface area (Å²) in [7, 11) is -3.49. The standard InChI is InChI=1S/C25H26N2O5S/c1-4-32-25(29)21-13-10-18(2)23(16-21)26-24(28)20-14-11-19(12-15-20)17-27(33(3,30)31)22-8-6-5-7-9-22/h5-16H,4,17H2,1-3H3,(H,26,28). The molecule has 0 aromatic heterocycles. The molecule has 0 atom stereocenters. The summed E-state index contributed by atoms with van der Waals surface area (Å²) >= 11 is 0. The molecule has 0 aliphatic rings. The fourth-order valence-corrected chi connectivity index (χ4v) is 4.10. The largest absolute Gasteiger partial charge is 0.462 e. The van der Waals surface area contributed by atoms with Gasteiger partial charge in [-0.3, -0.25) is 9.10 Å². The summed E-state index contributed by atoms with van der Waals surface area (Å²) < 4.78 is 30.9. The molecule has 0 saturated heterocycles. The lowest BCUT2D eigenvalue weighted by atomic mass is 10.1. The predicted molar refractivity (Wildman–Crippen MR) is 129 cm³/mol. The van der Waals surface area contributed by atoms with E-state index in [2.05, 4.69) is 5.32 Å². The van der Waals surface area contributed by atoms with Gasteiger partial charge in [-0.1, -0.05) is 36.4 Å². The predicted octanol–water partition coefficient (Wildman–Crippen LogP) is 4.39. The average molecular weight is 467 g/mol. The van der Waals surface area contributed by atoms with Crippen molar-refractivity contribution in [1.82, 2.24) is 0 Å². The molecule has 0 fully saturated rings. The number of amides is 1. The number of sulfonamides is 1. The third kappa shape index (κ3) is 6.20. The van der Waals surface area contributed by atoms with E-state index in [1.807, 2.05) is 13.0 Å². The monoisotopic (exact) mass is 466 g/mol. The van der Waals surface area contributed by atoms with E-state index in [9.17, 15) is 18.0 Å². The molecule has 1 amide bonds. The molecule has 3 aromatic rings. The molecule has 0 bridgehead atoms. The Bertz CT molecular complexity index is 1240. The Labute approximate surface area is 194 Å². The minimum atomic E-state index is -3.49. The fourth-order valence-electron chi connectivity index (χ4n) is 3.21. The van der Waals surface area contributed by atoms with Crippen LogP contribution in [0.3, 0.4) is 0 Å². The maximum absolute atomic E-state index is 12.8. The SMILES string of the molecule is CCOC(=O)c1ccc(C)c(NC(=O)c2ccc(CN(c3ccccc3)S(C)(=O)=O)cc2)c1. The molecule has 1 N–H and O–H groups in total. The van der Waals surface area contributed by atoms with Crippen molar-refractivity contribution in [3.05, 3.63) is 95.1 Å². The average Bonchev–Trinajstić information content (AvgIpc) is 2.79. The van der Waals surface area contributed by atoms with Crippen molar-refractivity contribution in [2.45, 2.75) is 20.4 Å². The van der Waals surface area contributed by atoms with Gasteiger partial charge in [0.1, 0.15) is 0 Å². The number of hydrogen-bond donors (Lipinski definition) is 1. The summed E-state index contributed by atoms with van der Waals surface area (Å²) in [5.41, 5.74) is 3.39. The van der Waals surface area contributed by atoms with Crippen LogP contribution in [-0.2, 0) is 21.3 Å². The van der Waals surface area contributed by atoms with Gasteiger partial charge in [0.2, 0.25) is 10.0 Å². The topological polar surface area (TPSA) is 92.8 Å². The van der Waals surface area contributed by atoms with E-state index >= 15 is 0 Å². The highest BCUT2D eigenvalue weighted by Gasteiger charge is 2.18. The van der Waals surface area contributed by atoms with Crippen LogP contribution >= 0.6 is 0 Å². The number of hydrogen-bond acceptors (Lipinski definition) is 5. The summed E-state index contributed by atoms with van der Waals surface area (Å²) in [5.74, 6) is -0.792. The zero-order chi connectivity index (χ0) is 24.0. The van der Waals surface area contributed by atoms with Crippen molar-refractivity contribution in [2.24, 2.45) is 0 Å². The van der Waals surface area contributed by atoms with E-state index in [-0.39, 0.29) is 19.1 Å². The summed E-state index contributed by atoms with van der Waals surface area (Å²) in [4.78, 5) is 24.7. The highest BCUT2D eigenvalue weighted by molar-refractivity contribution is 7.92. The van der Waals surface area contributed by atoms with Gasteiger partial charge >= 0.3 is 5.97 Å². The van der Waals surface area contributed by atoms with Crippen LogP contribution in [0, 0.1) is 6.92 Å². The first-order chi connectivity index (χ1) is 15.7. The number of aryl methyl sites for hydroxylation is 1. The Kier molecular flexibility index (Phi) is 7.50. The van der Waals surface area contributed by atoms with Crippen molar-refractivity contribution in [2.75, 3.05) is 22.5 Å². The zero-order valence-corrected chi connectivity index (χ0v) is 19.6. The van der Waals surface area contributed by atoms with E-state index in [0.717, 1.165) is 17.4 Å². The molecule has 0 unspecified atom stereocenters. The molecule has 33 heavy (non-hydrogen) atoms. The summed E-state index contributed by atoms with van der Waals surface area (Å²) in [6, 6.07) is 20.5. The lowest BCUT2D eigenvalue weighted by Crippen LogP contribution is -2.29. The highest BCUT2D eigenvalue weighted by Crippen LogP contribution is 2.22. The van der Waals surface area contributed by atoms with Crippen LogP contribution in [0.2, 0.25) is 0 Å². The van der Waals surface area contributed by atoms with E-state index in [4.69, 9.17) is 4.74 Å². The van der Waals surface area contributed by atoms with Gasteiger partial charge in [-0.15, -0.1) is 0 Å². The van der Waals surface area contributed by atoms with E-state index in [1.54, 1.807) is 73.7 Å². The number of carbonyl (C=O) groups is 2. The van der Waals surface area contributed by atoms with Gasteiger partial charge in [0.15, 0.2) is 0 Å². The van der Waals surface area contributed by atoms with E-state index in [1.165, 1.54) is 4.31 Å². The Balaban J connectivity index is 1.75. The summed E-state index contributed by atoms with van der Waals surface area (Å²) in [5, 5.41) is 2.82. The van der Waals surface area contributed by atoms with Crippen molar-refractivity contribution >= 4 is 33.3 Å². The second-order valence-corrected chi connectivity index (χ2v) is 9.41. The van der Waals surface area contributed by atoms with Gasteiger partial charge in [-0.25, -0.2) is 13.2 Å². The minimum absolute atomic E-state index is 0.144. The first-order valence-electron chi connectivity index (χ1n) is 10.4. The molecule has 8 heteroatoms. The third-order valence-corrected chi connectivity index (χ3v) is 6.12. The van der Waals surface area contributed by atoms with Crippen LogP contribution in [0.25, 0.3) is 0 Å². The summed E-state index contributed by atoms with van der Waals surface area (Å²) in [6.07, 6.45) is 1.16. The molecule has 0 radical (unpaired) electrons. The molecular formula is C25H26N2O5S. The molecule has 3 rings (SSSR count). The van der Waals surface area contributed by atoms with Gasteiger partial charge in [0, 0.05) is 11.3 Å². The molecule has 0 aliphatic carbocycles. The first kappa shape index (κ1) is 24.0. The van der Waals surface area contributed by atoms with Crippen LogP contribution in [0.15, 0.2) is 72.8 Å². The third-order valence-electron chi connectivity index (χ3n) is 4.98. The van der Waals surface area contributed by atoms with Crippen molar-refractivity contribution in [3.63, 3.8) is 0 Å². The Hall–Kier alpha value is -3.65. The van der Waals surface area contributed by atoms with Gasteiger partial charge in [-0.05, 0) is 61.4 Å². The molecular weight excluding hydrogens is 440 g/mol. The minimum Gasteiger partial charge on any atom is -0.462 e. The molecule has 0 aliphatic heterocycles. The van der Waals surface area contributed by atoms with Crippen LogP contribution in [0.1, 0.15) is 38.8 Å². The Morgan fingerprint density at radius 1 is 0.939 bits per heavy atom. The van der Waals surface area contributed by atoms with Gasteiger partial charge in [0.05, 0.1) is 30.7 Å². The number of esters is 1. The number of nitrogens with zero attached hydrogens (tertiary/aromatic N) is 1. The molecule has 7 nitrogen and oxygen atoms in total. The lowest BCUT2D eigenvalue weighted by molar-refractivity contribution is 0.0526. The smallest absolute Gasteiger partial charge is 0.338 e. The number of rotatable bonds is 8. The quantitative estimate of drug-likeness (QED) is 0.497. The first-order valence-corrected chi connectivity index (χ1v) is 12.2. The Morgan fingerprint density at radius 2 is 1.58 bits per heavy atom.